The maximum Gasteiger partial charge on any atom is 0.404 e. The van der Waals surface area contributed by atoms with E-state index in [0.29, 0.717) is 17.8 Å². The van der Waals surface area contributed by atoms with Crippen molar-refractivity contribution in [3.05, 3.63) is 0 Å². The van der Waals surface area contributed by atoms with Crippen LogP contribution < -0.4 is 5.32 Å². The summed E-state index contributed by atoms with van der Waals surface area (Å²) in [6, 6.07) is 0. The largest absolute Gasteiger partial charge is 0.465 e. The third-order valence-electron chi connectivity index (χ3n) is 2.98. The minimum absolute atomic E-state index is 0.186. The van der Waals surface area contributed by atoms with Crippen molar-refractivity contribution >= 4 is 27.8 Å². The van der Waals surface area contributed by atoms with Crippen LogP contribution in [0.3, 0.4) is 0 Å². The normalized spacial score (nSPS) is 25.9. The van der Waals surface area contributed by atoms with Gasteiger partial charge in [0, 0.05) is 12.5 Å². The molecule has 1 rings (SSSR count). The molecule has 4 nitrogen and oxygen atoms in total. The van der Waals surface area contributed by atoms with Gasteiger partial charge in [0.05, 0.1) is 5.33 Å². The van der Waals surface area contributed by atoms with Gasteiger partial charge in [-0.05, 0) is 31.6 Å². The number of nitrogens with one attached hydrogen (secondary N) is 1. The second kappa shape index (κ2) is 6.10. The van der Waals surface area contributed by atoms with Gasteiger partial charge in [0.15, 0.2) is 0 Å². The molecule has 0 atom stereocenters. The van der Waals surface area contributed by atoms with Crippen LogP contribution in [0.25, 0.3) is 0 Å². The molecule has 0 bridgehead atoms. The van der Waals surface area contributed by atoms with Crippen LogP contribution in [0.1, 0.15) is 25.7 Å². The number of alkyl halides is 1. The molecule has 0 aromatic rings. The molecule has 2 N–H and O–H groups in total. The Labute approximate surface area is 97.6 Å². The van der Waals surface area contributed by atoms with E-state index in [1.165, 1.54) is 0 Å². The minimum Gasteiger partial charge on any atom is -0.465 e. The Hall–Kier alpha value is -0.580. The Kier molecular flexibility index (Phi) is 5.08. The molecule has 1 fully saturated rings. The molecule has 15 heavy (non-hydrogen) atoms. The molecule has 1 aliphatic rings. The van der Waals surface area contributed by atoms with E-state index in [2.05, 4.69) is 21.2 Å². The van der Waals surface area contributed by atoms with Gasteiger partial charge >= 0.3 is 6.09 Å². The van der Waals surface area contributed by atoms with E-state index in [9.17, 15) is 9.59 Å². The molecule has 86 valence electrons. The first-order valence-electron chi connectivity index (χ1n) is 5.19. The first kappa shape index (κ1) is 12.5. The lowest BCUT2D eigenvalue weighted by Crippen LogP contribution is -2.31. The smallest absolute Gasteiger partial charge is 0.404 e. The summed E-state index contributed by atoms with van der Waals surface area (Å²) in [5, 5.41) is 11.3. The van der Waals surface area contributed by atoms with Crippen LogP contribution in [0.5, 0.6) is 0 Å². The topological polar surface area (TPSA) is 66.4 Å². The summed E-state index contributed by atoms with van der Waals surface area (Å²) in [7, 11) is 0. The molecule has 0 heterocycles. The molecule has 1 saturated carbocycles. The number of carbonyl (C=O) groups excluding carboxylic acids is 1. The molecule has 0 aliphatic heterocycles. The lowest BCUT2D eigenvalue weighted by Gasteiger charge is -2.27. The SMILES string of the molecule is O=C(O)NCC1CCC(C(=O)CBr)CC1. The van der Waals surface area contributed by atoms with Gasteiger partial charge in [-0.1, -0.05) is 15.9 Å². The first-order valence-corrected chi connectivity index (χ1v) is 6.31. The number of Topliss-reactive ketones (excluding diaryl/α,β-unsaturated/α-hetero) is 1. The highest BCUT2D eigenvalue weighted by Crippen LogP contribution is 2.29. The number of carbonyl (C=O) groups is 2. The second-order valence-electron chi connectivity index (χ2n) is 4.00. The fraction of sp³-hybridized carbons (Fsp3) is 0.800. The van der Waals surface area contributed by atoms with Crippen molar-refractivity contribution < 1.29 is 14.7 Å². The van der Waals surface area contributed by atoms with Crippen LogP contribution in [0, 0.1) is 11.8 Å². The summed E-state index contributed by atoms with van der Waals surface area (Å²) in [6.07, 6.45) is 2.73. The van der Waals surface area contributed by atoms with Gasteiger partial charge in [-0.2, -0.15) is 0 Å². The summed E-state index contributed by atoms with van der Waals surface area (Å²) in [5.74, 6) is 0.866. The number of hydrogen-bond acceptors (Lipinski definition) is 2. The average molecular weight is 278 g/mol. The first-order chi connectivity index (χ1) is 7.13. The van der Waals surface area contributed by atoms with E-state index in [1.807, 2.05) is 0 Å². The predicted octanol–water partition coefficient (Wildman–Crippen LogP) is 2.02. The zero-order valence-corrected chi connectivity index (χ0v) is 10.1. The Morgan fingerprint density at radius 2 is 1.87 bits per heavy atom. The third-order valence-corrected chi connectivity index (χ3v) is 3.53. The Bertz CT molecular complexity index is 237. The van der Waals surface area contributed by atoms with Crippen LogP contribution in [0.4, 0.5) is 4.79 Å². The molecule has 5 heteroatoms. The van der Waals surface area contributed by atoms with E-state index in [4.69, 9.17) is 5.11 Å². The zero-order valence-electron chi connectivity index (χ0n) is 8.54. The van der Waals surface area contributed by atoms with E-state index in [0.717, 1.165) is 25.7 Å². The number of rotatable bonds is 4. The van der Waals surface area contributed by atoms with Gasteiger partial charge in [0.25, 0.3) is 0 Å². The van der Waals surface area contributed by atoms with Crippen LogP contribution in [0.2, 0.25) is 0 Å². The molecule has 0 radical (unpaired) electrons. The quantitative estimate of drug-likeness (QED) is 0.773. The van der Waals surface area contributed by atoms with Gasteiger partial charge in [0.2, 0.25) is 0 Å². The monoisotopic (exact) mass is 277 g/mol. The lowest BCUT2D eigenvalue weighted by atomic mass is 9.80. The Morgan fingerprint density at radius 1 is 1.27 bits per heavy atom. The maximum absolute atomic E-state index is 11.4. The van der Waals surface area contributed by atoms with E-state index in [-0.39, 0.29) is 11.7 Å². The summed E-state index contributed by atoms with van der Waals surface area (Å²) in [6.45, 7) is 0.518. The Balaban J connectivity index is 2.23. The van der Waals surface area contributed by atoms with Gasteiger partial charge < -0.3 is 10.4 Å². The van der Waals surface area contributed by atoms with E-state index >= 15 is 0 Å². The molecule has 1 aliphatic carbocycles. The number of carboxylic acid groups (broad SMARTS) is 1. The second-order valence-corrected chi connectivity index (χ2v) is 4.56. The van der Waals surface area contributed by atoms with Gasteiger partial charge in [-0.25, -0.2) is 4.79 Å². The number of halogens is 1. The standard InChI is InChI=1S/C10H16BrNO3/c11-5-9(13)8-3-1-7(2-4-8)6-12-10(14)15/h7-8,12H,1-6H2,(H,14,15). The zero-order chi connectivity index (χ0) is 11.3. The molecular weight excluding hydrogens is 262 g/mol. The van der Waals surface area contributed by atoms with Crippen molar-refractivity contribution in [1.82, 2.24) is 5.32 Å². The molecule has 0 saturated heterocycles. The van der Waals surface area contributed by atoms with Crippen molar-refractivity contribution in [2.24, 2.45) is 11.8 Å². The Morgan fingerprint density at radius 3 is 2.33 bits per heavy atom. The molecule has 0 aromatic carbocycles. The minimum atomic E-state index is -0.964. The van der Waals surface area contributed by atoms with E-state index < -0.39 is 6.09 Å². The third kappa shape index (κ3) is 4.20. The fourth-order valence-electron chi connectivity index (χ4n) is 2.03. The maximum atomic E-state index is 11.4. The lowest BCUT2D eigenvalue weighted by molar-refractivity contribution is -0.121. The van der Waals surface area contributed by atoms with Crippen molar-refractivity contribution in [3.8, 4) is 0 Å². The van der Waals surface area contributed by atoms with Crippen LogP contribution in [-0.2, 0) is 4.79 Å². The van der Waals surface area contributed by atoms with Crippen LogP contribution in [-0.4, -0.2) is 28.9 Å². The van der Waals surface area contributed by atoms with Gasteiger partial charge in [-0.15, -0.1) is 0 Å². The number of hydrogen-bond donors (Lipinski definition) is 2. The molecular formula is C10H16BrNO3. The highest BCUT2D eigenvalue weighted by molar-refractivity contribution is 9.09. The molecule has 0 aromatic heterocycles. The van der Waals surface area contributed by atoms with Crippen molar-refractivity contribution in [1.29, 1.82) is 0 Å². The van der Waals surface area contributed by atoms with Gasteiger partial charge in [0.1, 0.15) is 5.78 Å². The summed E-state index contributed by atoms with van der Waals surface area (Å²) < 4.78 is 0. The van der Waals surface area contributed by atoms with Crippen molar-refractivity contribution in [2.45, 2.75) is 25.7 Å². The van der Waals surface area contributed by atoms with Crippen LogP contribution in [0.15, 0.2) is 0 Å². The van der Waals surface area contributed by atoms with Crippen molar-refractivity contribution in [3.63, 3.8) is 0 Å². The molecule has 1 amide bonds. The van der Waals surface area contributed by atoms with Crippen LogP contribution >= 0.6 is 15.9 Å². The summed E-state index contributed by atoms with van der Waals surface area (Å²) in [5.41, 5.74) is 0. The molecule has 0 unspecified atom stereocenters. The summed E-state index contributed by atoms with van der Waals surface area (Å²) in [4.78, 5) is 21.7. The average Bonchev–Trinajstić information content (AvgIpc) is 2.26. The fourth-order valence-corrected chi connectivity index (χ4v) is 2.49. The highest BCUT2D eigenvalue weighted by atomic mass is 79.9. The van der Waals surface area contributed by atoms with Crippen molar-refractivity contribution in [2.75, 3.05) is 11.9 Å². The predicted molar refractivity (Wildman–Crippen MR) is 60.3 cm³/mol. The highest BCUT2D eigenvalue weighted by Gasteiger charge is 2.25. The number of amides is 1. The summed E-state index contributed by atoms with van der Waals surface area (Å²) >= 11 is 3.18. The molecule has 0 spiro atoms. The van der Waals surface area contributed by atoms with E-state index in [1.54, 1.807) is 0 Å². The number of ketones is 1. The van der Waals surface area contributed by atoms with Gasteiger partial charge in [-0.3, -0.25) is 4.79 Å².